The van der Waals surface area contributed by atoms with Crippen LogP contribution in [0.1, 0.15) is 22.8 Å². The zero-order valence-corrected chi connectivity index (χ0v) is 19.9. The molecule has 8 nitrogen and oxygen atoms in total. The second kappa shape index (κ2) is 9.46. The normalized spacial score (nSPS) is 11.9. The standard InChI is InChI=1S/C25H19ClN2O6S/c1-2-14-7-9-17(13-20(14)26)27-28-21-10-8-16(12-22(21)35(32,33)34)23-18-6-4-3-5-15(18)11-19(24(23)29)25(30)31/h3-13,29H,2H2,1H3,(H,30,31)(H,32,33,34)/b28-27+. The van der Waals surface area contributed by atoms with Gasteiger partial charge >= 0.3 is 5.97 Å². The van der Waals surface area contributed by atoms with Gasteiger partial charge in [0.2, 0.25) is 0 Å². The van der Waals surface area contributed by atoms with Crippen LogP contribution in [-0.4, -0.2) is 29.2 Å². The SMILES string of the molecule is CCc1ccc(/N=N/c2ccc(-c3c(O)c(C(=O)O)cc4ccccc34)cc2S(=O)(=O)O)cc1Cl. The maximum Gasteiger partial charge on any atom is 0.339 e. The van der Waals surface area contributed by atoms with E-state index in [4.69, 9.17) is 11.6 Å². The van der Waals surface area contributed by atoms with E-state index >= 15 is 0 Å². The number of aryl methyl sites for hydroxylation is 1. The molecule has 4 aromatic carbocycles. The third-order valence-corrected chi connectivity index (χ3v) is 6.70. The Kier molecular flexibility index (Phi) is 6.58. The number of benzene rings is 4. The van der Waals surface area contributed by atoms with E-state index in [0.717, 1.165) is 18.1 Å². The summed E-state index contributed by atoms with van der Waals surface area (Å²) in [5.41, 5.74) is 1.09. The van der Waals surface area contributed by atoms with Crippen molar-refractivity contribution in [1.82, 2.24) is 0 Å². The van der Waals surface area contributed by atoms with Crippen molar-refractivity contribution in [3.05, 3.63) is 82.9 Å². The van der Waals surface area contributed by atoms with Crippen LogP contribution in [0.15, 0.2) is 81.9 Å². The number of aromatic hydroxyl groups is 1. The van der Waals surface area contributed by atoms with Gasteiger partial charge in [-0.2, -0.15) is 13.5 Å². The Hall–Kier alpha value is -3.79. The van der Waals surface area contributed by atoms with Crippen LogP contribution < -0.4 is 0 Å². The zero-order valence-electron chi connectivity index (χ0n) is 18.3. The van der Waals surface area contributed by atoms with Gasteiger partial charge < -0.3 is 10.2 Å². The van der Waals surface area contributed by atoms with E-state index < -0.39 is 26.7 Å². The highest BCUT2D eigenvalue weighted by atomic mass is 35.5. The lowest BCUT2D eigenvalue weighted by molar-refractivity contribution is 0.0694. The van der Waals surface area contributed by atoms with Crippen molar-refractivity contribution < 1.29 is 28.0 Å². The molecule has 0 saturated carbocycles. The van der Waals surface area contributed by atoms with Crippen LogP contribution in [0, 0.1) is 0 Å². The first-order valence-electron chi connectivity index (χ1n) is 10.4. The summed E-state index contributed by atoms with van der Waals surface area (Å²) in [4.78, 5) is 11.1. The highest BCUT2D eigenvalue weighted by Crippen LogP contribution is 2.41. The summed E-state index contributed by atoms with van der Waals surface area (Å²) in [5.74, 6) is -1.87. The number of hydrogen-bond donors (Lipinski definition) is 3. The number of carbonyl (C=O) groups is 1. The van der Waals surface area contributed by atoms with Gasteiger partial charge in [0.05, 0.1) is 5.69 Å². The molecule has 0 fully saturated rings. The molecule has 0 bridgehead atoms. The lowest BCUT2D eigenvalue weighted by Gasteiger charge is -2.13. The Balaban J connectivity index is 1.89. The molecule has 178 valence electrons. The minimum absolute atomic E-state index is 0.107. The molecule has 0 saturated heterocycles. The third-order valence-electron chi connectivity index (χ3n) is 5.47. The number of carboxylic acids is 1. The van der Waals surface area contributed by atoms with Crippen LogP contribution in [0.4, 0.5) is 11.4 Å². The lowest BCUT2D eigenvalue weighted by atomic mass is 9.94. The van der Waals surface area contributed by atoms with Crippen LogP contribution in [0.5, 0.6) is 5.75 Å². The van der Waals surface area contributed by atoms with Gasteiger partial charge in [0.1, 0.15) is 21.9 Å². The number of halogens is 1. The molecule has 0 aromatic heterocycles. The van der Waals surface area contributed by atoms with Crippen molar-refractivity contribution in [1.29, 1.82) is 0 Å². The minimum atomic E-state index is -4.76. The van der Waals surface area contributed by atoms with Crippen LogP contribution in [0.3, 0.4) is 0 Å². The lowest BCUT2D eigenvalue weighted by Crippen LogP contribution is -2.01. The molecule has 35 heavy (non-hydrogen) atoms. The second-order valence-corrected chi connectivity index (χ2v) is 9.46. The second-order valence-electron chi connectivity index (χ2n) is 7.66. The predicted octanol–water partition coefficient (Wildman–Crippen LogP) is 6.79. The Morgan fingerprint density at radius 1 is 1.00 bits per heavy atom. The number of nitrogens with zero attached hydrogens (tertiary/aromatic N) is 2. The van der Waals surface area contributed by atoms with Crippen LogP contribution >= 0.6 is 11.6 Å². The van der Waals surface area contributed by atoms with Crippen molar-refractivity contribution in [3.8, 4) is 16.9 Å². The molecule has 4 aromatic rings. The van der Waals surface area contributed by atoms with Crippen molar-refractivity contribution in [2.24, 2.45) is 10.2 Å². The van der Waals surface area contributed by atoms with E-state index in [9.17, 15) is 28.0 Å². The van der Waals surface area contributed by atoms with Gasteiger partial charge in [-0.3, -0.25) is 4.55 Å². The van der Waals surface area contributed by atoms with Crippen LogP contribution in [-0.2, 0) is 16.5 Å². The smallest absolute Gasteiger partial charge is 0.339 e. The first kappa shape index (κ1) is 24.3. The molecule has 0 atom stereocenters. The van der Waals surface area contributed by atoms with Crippen molar-refractivity contribution >= 4 is 49.8 Å². The third kappa shape index (κ3) is 4.88. The largest absolute Gasteiger partial charge is 0.506 e. The number of rotatable bonds is 6. The Labute approximate surface area is 205 Å². The molecule has 0 aliphatic rings. The van der Waals surface area contributed by atoms with Crippen molar-refractivity contribution in [3.63, 3.8) is 0 Å². The molecule has 0 aliphatic heterocycles. The molecule has 0 amide bonds. The highest BCUT2D eigenvalue weighted by Gasteiger charge is 2.22. The van der Waals surface area contributed by atoms with Gasteiger partial charge in [-0.15, -0.1) is 5.11 Å². The molecule has 0 unspecified atom stereocenters. The summed E-state index contributed by atoms with van der Waals surface area (Å²) in [5, 5.41) is 29.8. The monoisotopic (exact) mass is 510 g/mol. The van der Waals surface area contributed by atoms with Gasteiger partial charge in [0.25, 0.3) is 10.1 Å². The van der Waals surface area contributed by atoms with Gasteiger partial charge in [0.15, 0.2) is 0 Å². The molecule has 4 rings (SSSR count). The quantitative estimate of drug-likeness (QED) is 0.193. The molecule has 0 spiro atoms. The number of aromatic carboxylic acids is 1. The van der Waals surface area contributed by atoms with Gasteiger partial charge in [-0.05, 0) is 58.7 Å². The summed E-state index contributed by atoms with van der Waals surface area (Å²) >= 11 is 6.20. The van der Waals surface area contributed by atoms with Gasteiger partial charge in [-0.1, -0.05) is 54.9 Å². The van der Waals surface area contributed by atoms with E-state index in [-0.39, 0.29) is 22.4 Å². The van der Waals surface area contributed by atoms with E-state index in [2.05, 4.69) is 10.2 Å². The summed E-state index contributed by atoms with van der Waals surface area (Å²) in [6, 6.07) is 17.0. The molecule has 10 heteroatoms. The molecule has 3 N–H and O–H groups in total. The summed E-state index contributed by atoms with van der Waals surface area (Å²) < 4.78 is 34.2. The summed E-state index contributed by atoms with van der Waals surface area (Å²) in [7, 11) is -4.76. The molecule has 0 radical (unpaired) electrons. The average Bonchev–Trinajstić information content (AvgIpc) is 2.81. The molecular formula is C25H19ClN2O6S. The minimum Gasteiger partial charge on any atom is -0.506 e. The maximum absolute atomic E-state index is 12.2. The fraction of sp³-hybridized carbons (Fsp3) is 0.0800. The van der Waals surface area contributed by atoms with Crippen LogP contribution in [0.25, 0.3) is 21.9 Å². The number of hydrogen-bond acceptors (Lipinski definition) is 6. The first-order chi connectivity index (χ1) is 16.6. The topological polar surface area (TPSA) is 137 Å². The summed E-state index contributed by atoms with van der Waals surface area (Å²) in [6.07, 6.45) is 0.731. The molecule has 0 heterocycles. The Bertz CT molecular complexity index is 1620. The summed E-state index contributed by atoms with van der Waals surface area (Å²) in [6.45, 7) is 1.95. The van der Waals surface area contributed by atoms with E-state index in [1.54, 1.807) is 42.5 Å². The Morgan fingerprint density at radius 3 is 2.40 bits per heavy atom. The Morgan fingerprint density at radius 2 is 1.74 bits per heavy atom. The van der Waals surface area contributed by atoms with E-state index in [0.29, 0.717) is 21.5 Å². The number of carboxylic acid groups (broad SMARTS) is 1. The molecule has 0 aliphatic carbocycles. The highest BCUT2D eigenvalue weighted by molar-refractivity contribution is 7.86. The van der Waals surface area contributed by atoms with Crippen molar-refractivity contribution in [2.75, 3.05) is 0 Å². The number of fused-ring (bicyclic) bond motifs is 1. The number of phenols is 1. The predicted molar refractivity (Wildman–Crippen MR) is 133 cm³/mol. The van der Waals surface area contributed by atoms with E-state index in [1.165, 1.54) is 18.2 Å². The number of azo groups is 1. The van der Waals surface area contributed by atoms with E-state index in [1.807, 2.05) is 6.92 Å². The first-order valence-corrected chi connectivity index (χ1v) is 12.2. The van der Waals surface area contributed by atoms with Gasteiger partial charge in [0, 0.05) is 10.6 Å². The molecular weight excluding hydrogens is 492 g/mol. The fourth-order valence-electron chi connectivity index (χ4n) is 3.75. The van der Waals surface area contributed by atoms with Crippen molar-refractivity contribution in [2.45, 2.75) is 18.2 Å². The van der Waals surface area contributed by atoms with Gasteiger partial charge in [-0.25, -0.2) is 4.79 Å². The maximum atomic E-state index is 12.2. The van der Waals surface area contributed by atoms with Crippen LogP contribution in [0.2, 0.25) is 5.02 Å². The fourth-order valence-corrected chi connectivity index (χ4v) is 4.70. The average molecular weight is 511 g/mol. The zero-order chi connectivity index (χ0) is 25.3.